The number of allylic oxidation sites excluding steroid dienone is 1. The van der Waals surface area contributed by atoms with Crippen LogP contribution < -0.4 is 5.32 Å². The minimum Gasteiger partial charge on any atom is -0.475 e. The first kappa shape index (κ1) is 16.0. The van der Waals surface area contributed by atoms with Crippen LogP contribution >= 0.6 is 0 Å². The number of carbonyl (C=O) groups excluding carboxylic acids is 1. The maximum atomic E-state index is 12.4. The first-order valence-corrected chi connectivity index (χ1v) is 8.21. The van der Waals surface area contributed by atoms with Crippen molar-refractivity contribution in [2.24, 2.45) is 17.8 Å². The summed E-state index contributed by atoms with van der Waals surface area (Å²) in [6.07, 6.45) is 1.24. The average Bonchev–Trinajstić information content (AvgIpc) is 3.09. The fourth-order valence-electron chi connectivity index (χ4n) is 4.44. The first-order chi connectivity index (χ1) is 10.9. The molecular formula is C16H25N3O4. The third-order valence-electron chi connectivity index (χ3n) is 5.43. The van der Waals surface area contributed by atoms with Crippen LogP contribution in [0.25, 0.3) is 0 Å². The van der Waals surface area contributed by atoms with E-state index >= 15 is 0 Å². The minimum absolute atomic E-state index is 0.125. The van der Waals surface area contributed by atoms with Gasteiger partial charge in [-0.1, -0.05) is 6.92 Å². The highest BCUT2D eigenvalue weighted by Gasteiger charge is 2.48. The van der Waals surface area contributed by atoms with E-state index < -0.39 is 6.09 Å². The van der Waals surface area contributed by atoms with E-state index in [1.54, 1.807) is 18.9 Å². The van der Waals surface area contributed by atoms with Gasteiger partial charge in [-0.05, 0) is 37.5 Å². The van der Waals surface area contributed by atoms with Gasteiger partial charge >= 0.3 is 6.09 Å². The van der Waals surface area contributed by atoms with Gasteiger partial charge in [0.25, 0.3) is 5.91 Å². The maximum Gasteiger partial charge on any atom is 0.407 e. The van der Waals surface area contributed by atoms with Crippen molar-refractivity contribution in [1.29, 1.82) is 0 Å². The number of carbonyl (C=O) groups is 2. The molecule has 1 unspecified atom stereocenters. The van der Waals surface area contributed by atoms with Crippen LogP contribution in [-0.4, -0.2) is 59.8 Å². The third kappa shape index (κ3) is 2.84. The van der Waals surface area contributed by atoms with E-state index in [4.69, 9.17) is 4.74 Å². The monoisotopic (exact) mass is 323 g/mol. The van der Waals surface area contributed by atoms with Gasteiger partial charge in [0, 0.05) is 20.1 Å². The number of hydrogen-bond donors (Lipinski definition) is 2. The Labute approximate surface area is 136 Å². The number of fused-ring (bicyclic) bond motifs is 1. The Morgan fingerprint density at radius 1 is 1.39 bits per heavy atom. The van der Waals surface area contributed by atoms with Crippen molar-refractivity contribution in [2.75, 3.05) is 26.9 Å². The zero-order valence-electron chi connectivity index (χ0n) is 13.9. The molecule has 2 heterocycles. The fraction of sp³-hybridized carbons (Fsp3) is 0.750. The normalized spacial score (nSPS) is 33.0. The van der Waals surface area contributed by atoms with E-state index in [2.05, 4.69) is 12.2 Å². The molecule has 3 aliphatic rings. The fourth-order valence-corrected chi connectivity index (χ4v) is 4.44. The Hall–Kier alpha value is -1.92. The summed E-state index contributed by atoms with van der Waals surface area (Å²) < 4.78 is 5.35. The molecule has 23 heavy (non-hydrogen) atoms. The quantitative estimate of drug-likeness (QED) is 0.817. The maximum absolute atomic E-state index is 12.4. The SMILES string of the molecule is CC1=C(C(=O)NC[C@@H]2[C@H]3CC(C)C[C@H]3CN2C(=O)O)N(C)CO1. The van der Waals surface area contributed by atoms with Crippen LogP contribution in [-0.2, 0) is 9.53 Å². The summed E-state index contributed by atoms with van der Waals surface area (Å²) in [7, 11) is 1.80. The van der Waals surface area contributed by atoms with Crippen molar-refractivity contribution >= 4 is 12.0 Å². The Morgan fingerprint density at radius 2 is 2.13 bits per heavy atom. The second-order valence-corrected chi connectivity index (χ2v) is 7.09. The first-order valence-electron chi connectivity index (χ1n) is 8.21. The Morgan fingerprint density at radius 3 is 2.74 bits per heavy atom. The molecule has 0 spiro atoms. The summed E-state index contributed by atoms with van der Waals surface area (Å²) in [5.41, 5.74) is 0.529. The zero-order valence-corrected chi connectivity index (χ0v) is 13.9. The molecule has 0 aromatic carbocycles. The number of nitrogens with one attached hydrogen (secondary N) is 1. The molecule has 4 atom stereocenters. The van der Waals surface area contributed by atoms with Crippen LogP contribution in [0.4, 0.5) is 4.79 Å². The summed E-state index contributed by atoms with van der Waals surface area (Å²) in [6, 6.07) is -0.125. The molecule has 7 nitrogen and oxygen atoms in total. The molecule has 1 aliphatic carbocycles. The molecule has 1 saturated carbocycles. The van der Waals surface area contributed by atoms with Gasteiger partial charge in [-0.25, -0.2) is 4.79 Å². The Kier molecular flexibility index (Phi) is 4.12. The number of ether oxygens (including phenoxy) is 1. The number of carboxylic acid groups (broad SMARTS) is 1. The van der Waals surface area contributed by atoms with Crippen LogP contribution in [0.5, 0.6) is 0 Å². The van der Waals surface area contributed by atoms with Crippen LogP contribution in [0.1, 0.15) is 26.7 Å². The van der Waals surface area contributed by atoms with Gasteiger partial charge < -0.3 is 25.0 Å². The van der Waals surface area contributed by atoms with Crippen molar-refractivity contribution < 1.29 is 19.4 Å². The lowest BCUT2D eigenvalue weighted by atomic mass is 9.94. The lowest BCUT2D eigenvalue weighted by Gasteiger charge is -2.26. The average molecular weight is 323 g/mol. The minimum atomic E-state index is -0.886. The highest BCUT2D eigenvalue weighted by Crippen LogP contribution is 2.44. The van der Waals surface area contributed by atoms with Gasteiger partial charge in [0.05, 0.1) is 6.04 Å². The van der Waals surface area contributed by atoms with E-state index in [0.717, 1.165) is 12.8 Å². The van der Waals surface area contributed by atoms with E-state index in [9.17, 15) is 14.7 Å². The number of hydrogen-bond acceptors (Lipinski definition) is 4. The second kappa shape index (κ2) is 5.94. The van der Waals surface area contributed by atoms with Gasteiger partial charge in [-0.15, -0.1) is 0 Å². The topological polar surface area (TPSA) is 82.1 Å². The predicted molar refractivity (Wildman–Crippen MR) is 83.3 cm³/mol. The summed E-state index contributed by atoms with van der Waals surface area (Å²) >= 11 is 0. The molecule has 2 amide bonds. The highest BCUT2D eigenvalue weighted by molar-refractivity contribution is 5.93. The summed E-state index contributed by atoms with van der Waals surface area (Å²) in [6.45, 7) is 5.32. The lowest BCUT2D eigenvalue weighted by molar-refractivity contribution is -0.119. The highest BCUT2D eigenvalue weighted by atomic mass is 16.5. The van der Waals surface area contributed by atoms with E-state index in [0.29, 0.717) is 49.0 Å². The van der Waals surface area contributed by atoms with E-state index in [-0.39, 0.29) is 11.9 Å². The van der Waals surface area contributed by atoms with Crippen molar-refractivity contribution in [3.8, 4) is 0 Å². The van der Waals surface area contributed by atoms with Crippen LogP contribution in [0.2, 0.25) is 0 Å². The second-order valence-electron chi connectivity index (χ2n) is 7.09. The number of nitrogens with zero attached hydrogens (tertiary/aromatic N) is 2. The van der Waals surface area contributed by atoms with Crippen molar-refractivity contribution in [3.63, 3.8) is 0 Å². The van der Waals surface area contributed by atoms with Crippen LogP contribution in [0.15, 0.2) is 11.5 Å². The van der Waals surface area contributed by atoms with Crippen LogP contribution in [0, 0.1) is 17.8 Å². The van der Waals surface area contributed by atoms with Gasteiger partial charge in [0.2, 0.25) is 0 Å². The van der Waals surface area contributed by atoms with Crippen molar-refractivity contribution in [2.45, 2.75) is 32.7 Å². The molecule has 0 bridgehead atoms. The molecule has 2 aliphatic heterocycles. The molecular weight excluding hydrogens is 298 g/mol. The summed E-state index contributed by atoms with van der Waals surface area (Å²) in [4.78, 5) is 27.2. The number of likely N-dealkylation sites (N-methyl/N-ethyl adjacent to an activating group) is 1. The molecule has 0 aromatic rings. The molecule has 128 valence electrons. The Bertz CT molecular complexity index is 547. The summed E-state index contributed by atoms with van der Waals surface area (Å²) in [5, 5.41) is 12.4. The van der Waals surface area contributed by atoms with Crippen molar-refractivity contribution in [3.05, 3.63) is 11.5 Å². The zero-order chi connectivity index (χ0) is 16.7. The molecule has 3 rings (SSSR count). The van der Waals surface area contributed by atoms with Crippen molar-refractivity contribution in [1.82, 2.24) is 15.1 Å². The number of rotatable bonds is 3. The van der Waals surface area contributed by atoms with Gasteiger partial charge in [0.15, 0.2) is 6.73 Å². The largest absolute Gasteiger partial charge is 0.475 e. The smallest absolute Gasteiger partial charge is 0.407 e. The van der Waals surface area contributed by atoms with E-state index in [1.165, 1.54) is 4.90 Å². The Balaban J connectivity index is 1.67. The molecule has 1 saturated heterocycles. The summed E-state index contributed by atoms with van der Waals surface area (Å²) in [5.74, 6) is 1.84. The van der Waals surface area contributed by atoms with Gasteiger partial charge in [-0.3, -0.25) is 4.79 Å². The van der Waals surface area contributed by atoms with Crippen LogP contribution in [0.3, 0.4) is 0 Å². The molecule has 0 radical (unpaired) electrons. The molecule has 7 heteroatoms. The molecule has 0 aromatic heterocycles. The van der Waals surface area contributed by atoms with E-state index in [1.807, 2.05) is 0 Å². The number of amides is 2. The number of likely N-dealkylation sites (tertiary alicyclic amines) is 1. The standard InChI is InChI=1S/C16H25N3O4/c1-9-4-11-7-19(16(21)22)13(12(11)5-9)6-17-15(20)14-10(2)23-8-18(14)3/h9,11-13H,4-8H2,1-3H3,(H,17,20)(H,21,22)/t9?,11-,12-,13+/m0/s1. The molecule has 2 N–H and O–H groups in total. The predicted octanol–water partition coefficient (Wildman–Crippen LogP) is 1.28. The lowest BCUT2D eigenvalue weighted by Crippen LogP contribution is -2.46. The molecule has 2 fully saturated rings. The van der Waals surface area contributed by atoms with Gasteiger partial charge in [-0.2, -0.15) is 0 Å². The third-order valence-corrected chi connectivity index (χ3v) is 5.43. The van der Waals surface area contributed by atoms with Gasteiger partial charge in [0.1, 0.15) is 11.5 Å².